The highest BCUT2D eigenvalue weighted by Crippen LogP contribution is 2.37. The second-order valence-electron chi connectivity index (χ2n) is 9.93. The van der Waals surface area contributed by atoms with Gasteiger partial charge in [0.1, 0.15) is 0 Å². The highest BCUT2D eigenvalue weighted by Gasteiger charge is 2.36. The van der Waals surface area contributed by atoms with Gasteiger partial charge in [-0.2, -0.15) is 0 Å². The third-order valence-electron chi connectivity index (χ3n) is 7.20. The lowest BCUT2D eigenvalue weighted by molar-refractivity contribution is -0.119. The van der Waals surface area contributed by atoms with Gasteiger partial charge in [-0.1, -0.05) is 19.1 Å². The molecule has 2 aromatic rings. The number of rotatable bonds is 6. The molecule has 7 heteroatoms. The number of benzene rings is 2. The van der Waals surface area contributed by atoms with E-state index in [1.165, 1.54) is 18.5 Å². The lowest BCUT2D eigenvalue weighted by atomic mass is 9.99. The summed E-state index contributed by atoms with van der Waals surface area (Å²) in [5.41, 5.74) is 3.93. The maximum Gasteiger partial charge on any atom is 0.241 e. The molecule has 176 valence electrons. The summed E-state index contributed by atoms with van der Waals surface area (Å²) in [6, 6.07) is 13.0. The molecule has 0 bridgehead atoms. The van der Waals surface area contributed by atoms with Gasteiger partial charge in [0.15, 0.2) is 0 Å². The Morgan fingerprint density at radius 3 is 2.52 bits per heavy atom. The molecular weight excluding hydrogens is 434 g/mol. The average Bonchev–Trinajstić information content (AvgIpc) is 3.57. The molecule has 2 aliphatic heterocycles. The molecule has 5 rings (SSSR count). The SMILES string of the molecule is CC1CCCN(c2ccc(C(C)NS(=O)(=O)c3ccc4c(c3)CCN4C(=O)C3CC3)cc2)C1. The topological polar surface area (TPSA) is 69.7 Å². The molecular formula is C26H33N3O3S. The molecule has 6 nitrogen and oxygen atoms in total. The van der Waals surface area contributed by atoms with Gasteiger partial charge in [-0.25, -0.2) is 13.1 Å². The Morgan fingerprint density at radius 1 is 1.06 bits per heavy atom. The van der Waals surface area contributed by atoms with Crippen molar-refractivity contribution in [2.45, 2.75) is 56.9 Å². The van der Waals surface area contributed by atoms with Crippen LogP contribution in [0.25, 0.3) is 0 Å². The van der Waals surface area contributed by atoms with Crippen LogP contribution < -0.4 is 14.5 Å². The second-order valence-corrected chi connectivity index (χ2v) is 11.6. The summed E-state index contributed by atoms with van der Waals surface area (Å²) >= 11 is 0. The molecule has 3 aliphatic rings. The zero-order valence-electron chi connectivity index (χ0n) is 19.5. The smallest absolute Gasteiger partial charge is 0.241 e. The van der Waals surface area contributed by atoms with E-state index in [0.717, 1.165) is 42.7 Å². The van der Waals surface area contributed by atoms with E-state index in [1.807, 2.05) is 24.0 Å². The summed E-state index contributed by atoms with van der Waals surface area (Å²) in [4.78, 5) is 17.0. The van der Waals surface area contributed by atoms with Crippen LogP contribution in [0.1, 0.15) is 56.7 Å². The Morgan fingerprint density at radius 2 is 1.82 bits per heavy atom. The van der Waals surface area contributed by atoms with Gasteiger partial charge in [-0.15, -0.1) is 0 Å². The largest absolute Gasteiger partial charge is 0.371 e. The highest BCUT2D eigenvalue weighted by atomic mass is 32.2. The minimum atomic E-state index is -3.67. The maximum absolute atomic E-state index is 13.1. The van der Waals surface area contributed by atoms with Gasteiger partial charge in [-0.3, -0.25) is 4.79 Å². The summed E-state index contributed by atoms with van der Waals surface area (Å²) in [5.74, 6) is 1.04. The molecule has 2 aromatic carbocycles. The van der Waals surface area contributed by atoms with Crippen molar-refractivity contribution in [1.82, 2.24) is 4.72 Å². The van der Waals surface area contributed by atoms with Crippen molar-refractivity contribution in [3.8, 4) is 0 Å². The van der Waals surface area contributed by atoms with Crippen molar-refractivity contribution in [1.29, 1.82) is 0 Å². The fraction of sp³-hybridized carbons (Fsp3) is 0.500. The first-order chi connectivity index (χ1) is 15.8. The Balaban J connectivity index is 1.27. The van der Waals surface area contributed by atoms with Crippen molar-refractivity contribution in [2.75, 3.05) is 29.4 Å². The van der Waals surface area contributed by atoms with Crippen molar-refractivity contribution in [3.63, 3.8) is 0 Å². The molecule has 2 fully saturated rings. The van der Waals surface area contributed by atoms with Crippen LogP contribution >= 0.6 is 0 Å². The summed E-state index contributed by atoms with van der Waals surface area (Å²) < 4.78 is 29.0. The quantitative estimate of drug-likeness (QED) is 0.689. The monoisotopic (exact) mass is 467 g/mol. The number of nitrogens with one attached hydrogen (secondary N) is 1. The highest BCUT2D eigenvalue weighted by molar-refractivity contribution is 7.89. The van der Waals surface area contributed by atoms with Crippen molar-refractivity contribution < 1.29 is 13.2 Å². The van der Waals surface area contributed by atoms with Crippen LogP contribution in [-0.2, 0) is 21.2 Å². The molecule has 1 saturated carbocycles. The Hall–Kier alpha value is -2.38. The predicted octanol–water partition coefficient (Wildman–Crippen LogP) is 4.26. The van der Waals surface area contributed by atoms with Crippen molar-refractivity contribution in [2.24, 2.45) is 11.8 Å². The van der Waals surface area contributed by atoms with Crippen LogP contribution in [0.3, 0.4) is 0 Å². The summed E-state index contributed by atoms with van der Waals surface area (Å²) in [5, 5.41) is 0. The van der Waals surface area contributed by atoms with Crippen LogP contribution in [0.2, 0.25) is 0 Å². The van der Waals surface area contributed by atoms with E-state index >= 15 is 0 Å². The number of anilines is 2. The van der Waals surface area contributed by atoms with E-state index in [2.05, 4.69) is 28.7 Å². The van der Waals surface area contributed by atoms with E-state index in [4.69, 9.17) is 0 Å². The molecule has 0 aromatic heterocycles. The molecule has 1 aliphatic carbocycles. The average molecular weight is 468 g/mol. The number of sulfonamides is 1. The van der Waals surface area contributed by atoms with Gasteiger partial charge >= 0.3 is 0 Å². The van der Waals surface area contributed by atoms with Crippen molar-refractivity contribution >= 4 is 27.3 Å². The number of hydrogen-bond donors (Lipinski definition) is 1. The minimum Gasteiger partial charge on any atom is -0.371 e. The van der Waals surface area contributed by atoms with Crippen LogP contribution in [0, 0.1) is 11.8 Å². The predicted molar refractivity (Wildman–Crippen MR) is 131 cm³/mol. The third-order valence-corrected chi connectivity index (χ3v) is 8.73. The molecule has 0 spiro atoms. The van der Waals surface area contributed by atoms with Gasteiger partial charge in [0, 0.05) is 43.0 Å². The molecule has 2 unspecified atom stereocenters. The van der Waals surface area contributed by atoms with Crippen LogP contribution in [-0.4, -0.2) is 34.0 Å². The van der Waals surface area contributed by atoms with Crippen molar-refractivity contribution in [3.05, 3.63) is 53.6 Å². The molecule has 2 heterocycles. The Labute approximate surface area is 197 Å². The summed E-state index contributed by atoms with van der Waals surface area (Å²) in [6.45, 7) is 6.95. The number of carbonyl (C=O) groups excluding carboxylic acids is 1. The molecule has 0 radical (unpaired) electrons. The minimum absolute atomic E-state index is 0.159. The molecule has 1 saturated heterocycles. The zero-order chi connectivity index (χ0) is 23.2. The first-order valence-corrected chi connectivity index (χ1v) is 13.6. The number of nitrogens with zero attached hydrogens (tertiary/aromatic N) is 2. The fourth-order valence-electron chi connectivity index (χ4n) is 5.09. The van der Waals surface area contributed by atoms with Crippen LogP contribution in [0.15, 0.2) is 47.4 Å². The van der Waals surface area contributed by atoms with E-state index in [-0.39, 0.29) is 22.8 Å². The molecule has 2 atom stereocenters. The molecule has 1 amide bonds. The van der Waals surface area contributed by atoms with E-state index in [1.54, 1.807) is 18.2 Å². The third kappa shape index (κ3) is 4.66. The van der Waals surface area contributed by atoms with E-state index < -0.39 is 10.0 Å². The van der Waals surface area contributed by atoms with Gasteiger partial charge < -0.3 is 9.80 Å². The number of carbonyl (C=O) groups is 1. The number of amides is 1. The van der Waals surface area contributed by atoms with E-state index in [0.29, 0.717) is 18.9 Å². The first kappa shape index (κ1) is 22.4. The zero-order valence-corrected chi connectivity index (χ0v) is 20.3. The lowest BCUT2D eigenvalue weighted by Crippen LogP contribution is -2.34. The van der Waals surface area contributed by atoms with Gasteiger partial charge in [0.2, 0.25) is 15.9 Å². The summed E-state index contributed by atoms with van der Waals surface area (Å²) in [7, 11) is -3.67. The first-order valence-electron chi connectivity index (χ1n) is 12.1. The standard InChI is InChI=1S/C26H33N3O3S/c1-18-4-3-14-28(17-18)23-9-7-20(8-10-23)19(2)27-33(31,32)24-11-12-25-22(16-24)13-15-29(25)26(30)21-5-6-21/h7-12,16,18-19,21,27H,3-6,13-15,17H2,1-2H3. The number of hydrogen-bond acceptors (Lipinski definition) is 4. The van der Waals surface area contributed by atoms with Gasteiger partial charge in [0.05, 0.1) is 4.90 Å². The van der Waals surface area contributed by atoms with Crippen LogP contribution in [0.5, 0.6) is 0 Å². The number of fused-ring (bicyclic) bond motifs is 1. The number of piperidine rings is 1. The Kier molecular flexibility index (Phi) is 5.95. The fourth-order valence-corrected chi connectivity index (χ4v) is 6.37. The van der Waals surface area contributed by atoms with Gasteiger partial charge in [-0.05, 0) is 86.4 Å². The van der Waals surface area contributed by atoms with Crippen LogP contribution in [0.4, 0.5) is 11.4 Å². The molecule has 33 heavy (non-hydrogen) atoms. The maximum atomic E-state index is 13.1. The summed E-state index contributed by atoms with van der Waals surface area (Å²) in [6.07, 6.45) is 5.13. The van der Waals surface area contributed by atoms with Gasteiger partial charge in [0.25, 0.3) is 0 Å². The van der Waals surface area contributed by atoms with E-state index in [9.17, 15) is 13.2 Å². The second kappa shape index (κ2) is 8.76. The normalized spacial score (nSPS) is 21.7. The molecule has 1 N–H and O–H groups in total. The lowest BCUT2D eigenvalue weighted by Gasteiger charge is -2.33. The Bertz CT molecular complexity index is 1140.